The van der Waals surface area contributed by atoms with Crippen molar-refractivity contribution in [3.8, 4) is 17.0 Å². The number of nitrogens with one attached hydrogen (secondary N) is 2. The largest absolute Gasteiger partial charge is 0.494 e. The van der Waals surface area contributed by atoms with Crippen LogP contribution in [-0.4, -0.2) is 62.7 Å². The molecule has 41 heavy (non-hydrogen) atoms. The van der Waals surface area contributed by atoms with Crippen molar-refractivity contribution >= 4 is 27.2 Å². The molecular formula is C29H29F2N5O4S. The summed E-state index contributed by atoms with van der Waals surface area (Å²) in [5, 5.41) is 3.14. The first-order chi connectivity index (χ1) is 19.9. The van der Waals surface area contributed by atoms with Crippen LogP contribution in [0.2, 0.25) is 0 Å². The lowest BCUT2D eigenvalue weighted by molar-refractivity contribution is 0.0358. The average molecular weight is 582 g/mol. The molecule has 0 radical (unpaired) electrons. The number of hydrogen-bond acceptors (Lipinski definition) is 8. The van der Waals surface area contributed by atoms with Crippen LogP contribution in [0.4, 0.5) is 26.0 Å². The molecule has 214 valence electrons. The van der Waals surface area contributed by atoms with Gasteiger partial charge in [-0.25, -0.2) is 27.2 Å². The van der Waals surface area contributed by atoms with Crippen molar-refractivity contribution in [2.45, 2.75) is 11.3 Å². The van der Waals surface area contributed by atoms with Gasteiger partial charge in [-0.3, -0.25) is 9.62 Å². The van der Waals surface area contributed by atoms with E-state index < -0.39 is 26.6 Å². The molecule has 1 saturated heterocycles. The van der Waals surface area contributed by atoms with Crippen LogP contribution in [0.25, 0.3) is 11.3 Å². The number of morpholine rings is 1. The van der Waals surface area contributed by atoms with Gasteiger partial charge in [-0.05, 0) is 67.1 Å². The predicted octanol–water partition coefficient (Wildman–Crippen LogP) is 5.07. The highest BCUT2D eigenvalue weighted by Gasteiger charge is 2.23. The second-order valence-electron chi connectivity index (χ2n) is 9.33. The van der Waals surface area contributed by atoms with E-state index in [1.807, 2.05) is 24.3 Å². The second-order valence-corrected chi connectivity index (χ2v) is 10.9. The molecule has 12 heteroatoms. The van der Waals surface area contributed by atoms with Crippen molar-refractivity contribution in [2.75, 3.05) is 49.5 Å². The zero-order valence-electron chi connectivity index (χ0n) is 22.1. The number of sulfonamides is 1. The monoisotopic (exact) mass is 581 g/mol. The fourth-order valence-electron chi connectivity index (χ4n) is 4.32. The highest BCUT2D eigenvalue weighted by molar-refractivity contribution is 7.92. The third-order valence-corrected chi connectivity index (χ3v) is 7.84. The number of hydrogen-bond donors (Lipinski definition) is 2. The molecule has 0 spiro atoms. The van der Waals surface area contributed by atoms with Gasteiger partial charge < -0.3 is 14.8 Å². The van der Waals surface area contributed by atoms with Crippen LogP contribution in [-0.2, 0) is 14.8 Å². The molecule has 0 amide bonds. The summed E-state index contributed by atoms with van der Waals surface area (Å²) in [5.74, 6) is -1.02. The number of benzene rings is 3. The average Bonchev–Trinajstić information content (AvgIpc) is 2.97. The zero-order valence-corrected chi connectivity index (χ0v) is 22.9. The molecule has 0 atom stereocenters. The van der Waals surface area contributed by atoms with Crippen LogP contribution in [0, 0.1) is 11.6 Å². The molecule has 3 aromatic carbocycles. The molecule has 1 aliphatic heterocycles. The van der Waals surface area contributed by atoms with E-state index in [0.717, 1.165) is 68.8 Å². The van der Waals surface area contributed by atoms with Crippen molar-refractivity contribution < 1.29 is 26.7 Å². The molecular weight excluding hydrogens is 552 g/mol. The van der Waals surface area contributed by atoms with E-state index in [4.69, 9.17) is 9.47 Å². The Morgan fingerprint density at radius 1 is 0.902 bits per heavy atom. The molecule has 1 fully saturated rings. The van der Waals surface area contributed by atoms with Crippen molar-refractivity contribution in [1.29, 1.82) is 0 Å². The Balaban J connectivity index is 1.16. The third kappa shape index (κ3) is 7.54. The minimum Gasteiger partial charge on any atom is -0.494 e. The van der Waals surface area contributed by atoms with E-state index in [-0.39, 0.29) is 5.69 Å². The van der Waals surface area contributed by atoms with Gasteiger partial charge in [0.2, 0.25) is 0 Å². The fourth-order valence-corrected chi connectivity index (χ4v) is 5.52. The molecule has 5 rings (SSSR count). The van der Waals surface area contributed by atoms with E-state index >= 15 is 0 Å². The summed E-state index contributed by atoms with van der Waals surface area (Å²) in [5.41, 5.74) is 2.36. The molecule has 1 aliphatic rings. The standard InChI is InChI=1S/C29H29F2N5O4S/c30-25-3-1-4-26(31)29(25)41(37,38)35-23-9-7-22(8-10-23)34-28-19-27(32-20-33-28)21-5-11-24(12-6-21)40-16-2-13-36-14-17-39-18-15-36/h1,3-12,19-20,35H,2,13-18H2,(H,32,33,34). The third-order valence-electron chi connectivity index (χ3n) is 6.41. The maximum Gasteiger partial charge on any atom is 0.267 e. The lowest BCUT2D eigenvalue weighted by atomic mass is 10.1. The van der Waals surface area contributed by atoms with Crippen molar-refractivity contribution in [3.63, 3.8) is 0 Å². The van der Waals surface area contributed by atoms with Gasteiger partial charge in [-0.1, -0.05) is 6.07 Å². The van der Waals surface area contributed by atoms with E-state index in [0.29, 0.717) is 23.8 Å². The lowest BCUT2D eigenvalue weighted by Crippen LogP contribution is -2.37. The van der Waals surface area contributed by atoms with Crippen LogP contribution < -0.4 is 14.8 Å². The minimum atomic E-state index is -4.45. The molecule has 4 aromatic rings. The Hall–Kier alpha value is -4.13. The smallest absolute Gasteiger partial charge is 0.267 e. The molecule has 0 aliphatic carbocycles. The van der Waals surface area contributed by atoms with Crippen molar-refractivity contribution in [2.24, 2.45) is 0 Å². The molecule has 9 nitrogen and oxygen atoms in total. The summed E-state index contributed by atoms with van der Waals surface area (Å²) in [6.07, 6.45) is 2.39. The van der Waals surface area contributed by atoms with E-state index in [2.05, 4.69) is 24.9 Å². The minimum absolute atomic E-state index is 0.144. The highest BCUT2D eigenvalue weighted by atomic mass is 32.2. The van der Waals surface area contributed by atoms with Gasteiger partial charge in [0.05, 0.1) is 25.5 Å². The topological polar surface area (TPSA) is 106 Å². The van der Waals surface area contributed by atoms with Crippen LogP contribution in [0.15, 0.2) is 84.0 Å². The first-order valence-electron chi connectivity index (χ1n) is 13.1. The lowest BCUT2D eigenvalue weighted by Gasteiger charge is -2.26. The van der Waals surface area contributed by atoms with Gasteiger partial charge in [0, 0.05) is 42.6 Å². The van der Waals surface area contributed by atoms with E-state index in [1.54, 1.807) is 18.2 Å². The second kappa shape index (κ2) is 13.0. The molecule has 2 N–H and O–H groups in total. The molecule has 1 aromatic heterocycles. The van der Waals surface area contributed by atoms with Gasteiger partial charge in [0.15, 0.2) is 4.90 Å². The molecule has 0 saturated carbocycles. The van der Waals surface area contributed by atoms with Crippen LogP contribution >= 0.6 is 0 Å². The number of rotatable bonds is 11. The summed E-state index contributed by atoms with van der Waals surface area (Å²) >= 11 is 0. The summed E-state index contributed by atoms with van der Waals surface area (Å²) in [6, 6.07) is 18.5. The molecule has 0 unspecified atom stereocenters. The highest BCUT2D eigenvalue weighted by Crippen LogP contribution is 2.26. The van der Waals surface area contributed by atoms with Gasteiger partial charge in [-0.2, -0.15) is 0 Å². The Morgan fingerprint density at radius 2 is 1.59 bits per heavy atom. The summed E-state index contributed by atoms with van der Waals surface area (Å²) in [4.78, 5) is 9.96. The van der Waals surface area contributed by atoms with Crippen molar-refractivity contribution in [3.05, 3.63) is 90.8 Å². The Bertz CT molecular complexity index is 1550. The molecule has 0 bridgehead atoms. The fraction of sp³-hybridized carbons (Fsp3) is 0.241. The zero-order chi connectivity index (χ0) is 28.7. The first-order valence-corrected chi connectivity index (χ1v) is 14.5. The van der Waals surface area contributed by atoms with Crippen LogP contribution in [0.1, 0.15) is 6.42 Å². The number of nitrogens with zero attached hydrogens (tertiary/aromatic N) is 3. The first kappa shape index (κ1) is 28.4. The SMILES string of the molecule is O=S(=O)(Nc1ccc(Nc2cc(-c3ccc(OCCCN4CCOCC4)cc3)ncn2)cc1)c1c(F)cccc1F. The summed E-state index contributed by atoms with van der Waals surface area (Å²) in [6.45, 7) is 5.15. The Morgan fingerprint density at radius 3 is 2.29 bits per heavy atom. The normalized spacial score (nSPS) is 14.0. The summed E-state index contributed by atoms with van der Waals surface area (Å²) < 4.78 is 66.4. The quantitative estimate of drug-likeness (QED) is 0.237. The van der Waals surface area contributed by atoms with E-state index in [1.165, 1.54) is 18.5 Å². The van der Waals surface area contributed by atoms with Gasteiger partial charge >= 0.3 is 0 Å². The van der Waals surface area contributed by atoms with Crippen molar-refractivity contribution in [1.82, 2.24) is 14.9 Å². The maximum atomic E-state index is 14.0. The van der Waals surface area contributed by atoms with Crippen LogP contribution in [0.5, 0.6) is 5.75 Å². The Kier molecular flexibility index (Phi) is 9.02. The Labute approximate surface area is 237 Å². The maximum absolute atomic E-state index is 14.0. The predicted molar refractivity (Wildman–Crippen MR) is 152 cm³/mol. The number of ether oxygens (including phenoxy) is 2. The van der Waals surface area contributed by atoms with Gasteiger partial charge in [-0.15, -0.1) is 0 Å². The summed E-state index contributed by atoms with van der Waals surface area (Å²) in [7, 11) is -4.45. The number of aromatic nitrogens is 2. The van der Waals surface area contributed by atoms with Crippen LogP contribution in [0.3, 0.4) is 0 Å². The number of halogens is 2. The van der Waals surface area contributed by atoms with Gasteiger partial charge in [0.25, 0.3) is 10.0 Å². The number of anilines is 3. The van der Waals surface area contributed by atoms with E-state index in [9.17, 15) is 17.2 Å². The molecule has 2 heterocycles. The van der Waals surface area contributed by atoms with Gasteiger partial charge in [0.1, 0.15) is 29.5 Å².